The number of hydroxylamine groups is 1. The number of thioether (sulfide) groups is 1. The molecule has 0 amide bonds. The first-order valence-corrected chi connectivity index (χ1v) is 10.1. The Morgan fingerprint density at radius 1 is 1.42 bits per heavy atom. The van der Waals surface area contributed by atoms with Crippen LogP contribution in [0, 0.1) is 0 Å². The van der Waals surface area contributed by atoms with Crippen molar-refractivity contribution in [2.75, 3.05) is 34.3 Å². The van der Waals surface area contributed by atoms with Crippen LogP contribution in [0.15, 0.2) is 34.7 Å². The van der Waals surface area contributed by atoms with E-state index in [4.69, 9.17) is 9.57 Å². The van der Waals surface area contributed by atoms with Crippen LogP contribution in [0.5, 0.6) is 5.75 Å². The Labute approximate surface area is 164 Å². The highest BCUT2D eigenvalue weighted by atomic mass is 32.2. The van der Waals surface area contributed by atoms with Crippen LogP contribution in [0.3, 0.4) is 0 Å². The van der Waals surface area contributed by atoms with Gasteiger partial charge in [-0.25, -0.2) is 5.01 Å². The van der Waals surface area contributed by atoms with Gasteiger partial charge in [0.15, 0.2) is 5.17 Å². The van der Waals surface area contributed by atoms with Gasteiger partial charge in [-0.3, -0.25) is 14.6 Å². The van der Waals surface area contributed by atoms with Crippen molar-refractivity contribution < 1.29 is 9.57 Å². The molecule has 1 fully saturated rings. The SMILES string of the molecule is C=C(c1ccc(OC)c(SNC)c1)N1/C(=N\CC)SC(ONCC)N1C. The summed E-state index contributed by atoms with van der Waals surface area (Å²) in [5, 5.41) is 4.84. The number of hydrazine groups is 1. The van der Waals surface area contributed by atoms with Crippen LogP contribution in [0.4, 0.5) is 0 Å². The van der Waals surface area contributed by atoms with Crippen molar-refractivity contribution in [3.05, 3.63) is 30.3 Å². The Morgan fingerprint density at radius 3 is 2.81 bits per heavy atom. The topological polar surface area (TPSA) is 61.4 Å². The van der Waals surface area contributed by atoms with E-state index in [1.54, 1.807) is 18.9 Å². The number of hydrogen-bond acceptors (Lipinski definition) is 8. The van der Waals surface area contributed by atoms with Crippen molar-refractivity contribution in [2.45, 2.75) is 24.3 Å². The normalized spacial score (nSPS) is 19.3. The zero-order valence-corrected chi connectivity index (χ0v) is 17.5. The Bertz CT molecular complexity index is 656. The van der Waals surface area contributed by atoms with Crippen molar-refractivity contribution >= 4 is 34.6 Å². The molecular formula is C17H27N5O2S2. The molecule has 1 aliphatic heterocycles. The van der Waals surface area contributed by atoms with Crippen molar-refractivity contribution in [1.82, 2.24) is 20.2 Å². The average molecular weight is 398 g/mol. The lowest BCUT2D eigenvalue weighted by atomic mass is 10.1. The molecule has 1 aliphatic rings. The van der Waals surface area contributed by atoms with Crippen LogP contribution in [0.25, 0.3) is 5.70 Å². The van der Waals surface area contributed by atoms with Crippen LogP contribution in [-0.4, -0.2) is 55.0 Å². The summed E-state index contributed by atoms with van der Waals surface area (Å²) < 4.78 is 8.52. The second kappa shape index (κ2) is 10.2. The Balaban J connectivity index is 2.30. The molecule has 1 unspecified atom stereocenters. The molecule has 1 aromatic carbocycles. The fourth-order valence-corrected chi connectivity index (χ4v) is 4.16. The fourth-order valence-electron chi connectivity index (χ4n) is 2.41. The monoisotopic (exact) mass is 397 g/mol. The first-order chi connectivity index (χ1) is 12.6. The standard InChI is InChI=1S/C17H27N5O2S2/c1-7-19-16-22(21(5)17(25-16)24-20-8-2)12(3)13-9-10-14(23-6)15(11-13)26-18-4/h9-11,17-18,20H,3,7-8H2,1-2,4-6H3/b19-16+. The third-order valence-corrected chi connectivity index (χ3v) is 5.45. The first-order valence-electron chi connectivity index (χ1n) is 8.40. The van der Waals surface area contributed by atoms with E-state index < -0.39 is 0 Å². The van der Waals surface area contributed by atoms with Gasteiger partial charge in [0, 0.05) is 25.7 Å². The number of methoxy groups -OCH3 is 1. The van der Waals surface area contributed by atoms with E-state index in [1.807, 2.05) is 50.1 Å². The Kier molecular flexibility index (Phi) is 8.26. The molecule has 1 heterocycles. The second-order valence-corrected chi connectivity index (χ2v) is 7.36. The maximum Gasteiger partial charge on any atom is 0.202 e. The molecule has 26 heavy (non-hydrogen) atoms. The number of hydrogen-bond donors (Lipinski definition) is 2. The molecule has 2 rings (SSSR count). The summed E-state index contributed by atoms with van der Waals surface area (Å²) in [4.78, 5) is 11.3. The number of benzene rings is 1. The molecule has 9 heteroatoms. The largest absolute Gasteiger partial charge is 0.496 e. The van der Waals surface area contributed by atoms with Gasteiger partial charge >= 0.3 is 0 Å². The molecule has 1 atom stereocenters. The molecule has 0 aliphatic carbocycles. The van der Waals surface area contributed by atoms with Crippen molar-refractivity contribution in [3.63, 3.8) is 0 Å². The van der Waals surface area contributed by atoms with Crippen LogP contribution >= 0.6 is 23.7 Å². The predicted octanol–water partition coefficient (Wildman–Crippen LogP) is 2.99. The highest BCUT2D eigenvalue weighted by Crippen LogP contribution is 2.37. The lowest BCUT2D eigenvalue weighted by Gasteiger charge is -2.29. The number of aliphatic imine (C=N–C) groups is 1. The maximum atomic E-state index is 5.70. The molecule has 0 bridgehead atoms. The van der Waals surface area contributed by atoms with Gasteiger partial charge in [0.05, 0.1) is 17.7 Å². The van der Waals surface area contributed by atoms with Crippen LogP contribution in [-0.2, 0) is 4.84 Å². The van der Waals surface area contributed by atoms with Crippen molar-refractivity contribution in [3.8, 4) is 5.75 Å². The summed E-state index contributed by atoms with van der Waals surface area (Å²) in [6, 6.07) is 6.01. The van der Waals surface area contributed by atoms with E-state index in [9.17, 15) is 0 Å². The van der Waals surface area contributed by atoms with Crippen molar-refractivity contribution in [1.29, 1.82) is 0 Å². The van der Waals surface area contributed by atoms with Gasteiger partial charge in [-0.1, -0.05) is 13.5 Å². The molecular weight excluding hydrogens is 370 g/mol. The lowest BCUT2D eigenvalue weighted by molar-refractivity contribution is -0.0831. The number of nitrogens with one attached hydrogen (secondary N) is 2. The number of nitrogens with zero attached hydrogens (tertiary/aromatic N) is 3. The van der Waals surface area contributed by atoms with E-state index >= 15 is 0 Å². The summed E-state index contributed by atoms with van der Waals surface area (Å²) in [6.07, 6.45) is 0. The Morgan fingerprint density at radius 2 is 2.19 bits per heavy atom. The molecule has 2 N–H and O–H groups in total. The summed E-state index contributed by atoms with van der Waals surface area (Å²) in [5.74, 6) is 0.820. The second-order valence-electron chi connectivity index (χ2n) is 5.30. The van der Waals surface area contributed by atoms with E-state index in [1.165, 1.54) is 11.9 Å². The van der Waals surface area contributed by atoms with Gasteiger partial charge in [-0.15, -0.1) is 0 Å². The summed E-state index contributed by atoms with van der Waals surface area (Å²) in [7, 11) is 5.51. The maximum absolute atomic E-state index is 5.70. The zero-order valence-electron chi connectivity index (χ0n) is 15.9. The number of ether oxygens (including phenoxy) is 1. The number of amidine groups is 1. The minimum Gasteiger partial charge on any atom is -0.496 e. The molecule has 7 nitrogen and oxygen atoms in total. The molecule has 1 saturated heterocycles. The molecule has 0 spiro atoms. The highest BCUT2D eigenvalue weighted by Gasteiger charge is 2.37. The van der Waals surface area contributed by atoms with Gasteiger partial charge in [0.25, 0.3) is 0 Å². The van der Waals surface area contributed by atoms with Crippen LogP contribution in [0.1, 0.15) is 19.4 Å². The quantitative estimate of drug-likeness (QED) is 0.487. The predicted molar refractivity (Wildman–Crippen MR) is 111 cm³/mol. The molecule has 0 aromatic heterocycles. The number of rotatable bonds is 9. The van der Waals surface area contributed by atoms with E-state index in [0.717, 1.165) is 33.6 Å². The van der Waals surface area contributed by atoms with Crippen LogP contribution in [0.2, 0.25) is 0 Å². The summed E-state index contributed by atoms with van der Waals surface area (Å²) >= 11 is 3.06. The minimum absolute atomic E-state index is 0.207. The summed E-state index contributed by atoms with van der Waals surface area (Å²) in [6.45, 7) is 9.74. The average Bonchev–Trinajstić information content (AvgIpc) is 2.95. The van der Waals surface area contributed by atoms with E-state index in [-0.39, 0.29) is 5.56 Å². The molecule has 0 saturated carbocycles. The molecule has 0 radical (unpaired) electrons. The van der Waals surface area contributed by atoms with Gasteiger partial charge in [-0.05, 0) is 55.9 Å². The molecule has 1 aromatic rings. The zero-order chi connectivity index (χ0) is 19.1. The van der Waals surface area contributed by atoms with Crippen molar-refractivity contribution in [2.24, 2.45) is 4.99 Å². The molecule has 144 valence electrons. The fraction of sp³-hybridized carbons (Fsp3) is 0.471. The summed E-state index contributed by atoms with van der Waals surface area (Å²) in [5.41, 5.74) is 4.53. The highest BCUT2D eigenvalue weighted by molar-refractivity contribution is 8.14. The smallest absolute Gasteiger partial charge is 0.202 e. The van der Waals surface area contributed by atoms with Crippen LogP contribution < -0.4 is 14.9 Å². The van der Waals surface area contributed by atoms with E-state index in [2.05, 4.69) is 27.8 Å². The van der Waals surface area contributed by atoms with Gasteiger partial charge in [-0.2, -0.15) is 10.5 Å². The third kappa shape index (κ3) is 4.73. The van der Waals surface area contributed by atoms with Gasteiger partial charge in [0.1, 0.15) is 5.75 Å². The minimum atomic E-state index is -0.207. The van der Waals surface area contributed by atoms with E-state index in [0.29, 0.717) is 6.54 Å². The van der Waals surface area contributed by atoms with Gasteiger partial charge < -0.3 is 4.74 Å². The van der Waals surface area contributed by atoms with Gasteiger partial charge in [0.2, 0.25) is 5.56 Å². The third-order valence-electron chi connectivity index (χ3n) is 3.59. The Hall–Kier alpha value is -1.23. The first kappa shape index (κ1) is 21.1. The lowest BCUT2D eigenvalue weighted by Crippen LogP contribution is -2.40.